The Morgan fingerprint density at radius 1 is 1.33 bits per heavy atom. The van der Waals surface area contributed by atoms with Crippen LogP contribution in [-0.4, -0.2) is 35.2 Å². The van der Waals surface area contributed by atoms with Crippen molar-refractivity contribution in [2.45, 2.75) is 10.1 Å². The third kappa shape index (κ3) is 3.97. The number of hydrogen-bond donors (Lipinski definition) is 5. The number of para-hydroxylation sites is 1. The van der Waals surface area contributed by atoms with Gasteiger partial charge in [-0.3, -0.25) is 19.3 Å². The Morgan fingerprint density at radius 2 is 2.00 bits per heavy atom. The molecule has 1 heterocycles. The lowest BCUT2D eigenvalue weighted by molar-refractivity contribution is -0.133. The van der Waals surface area contributed by atoms with Crippen molar-refractivity contribution in [3.63, 3.8) is 0 Å². The van der Waals surface area contributed by atoms with E-state index >= 15 is 0 Å². The first-order chi connectivity index (χ1) is 11.2. The summed E-state index contributed by atoms with van der Waals surface area (Å²) in [6, 6.07) is 5.70. The van der Waals surface area contributed by atoms with Gasteiger partial charge in [-0.15, -0.1) is 0 Å². The molecule has 0 unspecified atom stereocenters. The predicted molar refractivity (Wildman–Crippen MR) is 89.3 cm³/mol. The number of anilines is 3. The topological polar surface area (TPSA) is 181 Å². The van der Waals surface area contributed by atoms with Gasteiger partial charge in [-0.05, 0) is 12.1 Å². The summed E-state index contributed by atoms with van der Waals surface area (Å²) < 4.78 is 26.7. The number of nitrogens with two attached hydrogens (primary N) is 2. The molecule has 0 fully saturated rings. The van der Waals surface area contributed by atoms with Crippen LogP contribution in [0.3, 0.4) is 0 Å². The molecule has 128 valence electrons. The van der Waals surface area contributed by atoms with Gasteiger partial charge < -0.3 is 16.6 Å². The molecule has 0 aliphatic rings. The van der Waals surface area contributed by atoms with Crippen LogP contribution < -0.4 is 21.7 Å². The highest BCUT2D eigenvalue weighted by Crippen LogP contribution is 2.22. The molecule has 0 saturated heterocycles. The molecule has 10 nitrogen and oxygen atoms in total. The van der Waals surface area contributed by atoms with Crippen LogP contribution >= 0.6 is 11.8 Å². The van der Waals surface area contributed by atoms with Crippen LogP contribution in [0, 0.1) is 0 Å². The van der Waals surface area contributed by atoms with Gasteiger partial charge in [-0.1, -0.05) is 23.9 Å². The van der Waals surface area contributed by atoms with Crippen LogP contribution in [0.15, 0.2) is 39.1 Å². The molecule has 0 atom stereocenters. The zero-order chi connectivity index (χ0) is 17.9. The van der Waals surface area contributed by atoms with E-state index in [1.165, 1.54) is 18.2 Å². The smallest absolute Gasteiger partial charge is 0.313 e. The zero-order valence-corrected chi connectivity index (χ0v) is 13.6. The lowest BCUT2D eigenvalue weighted by Crippen LogP contribution is -2.24. The van der Waals surface area contributed by atoms with E-state index in [-0.39, 0.29) is 27.3 Å². The van der Waals surface area contributed by atoms with Crippen molar-refractivity contribution in [3.05, 3.63) is 34.6 Å². The number of nitrogens with one attached hydrogen (secondary N) is 2. The molecule has 1 aromatic heterocycles. The lowest BCUT2D eigenvalue weighted by atomic mass is 10.3. The Morgan fingerprint density at radius 3 is 2.58 bits per heavy atom. The Labute approximate surface area is 140 Å². The maximum Gasteiger partial charge on any atom is 0.313 e. The number of benzene rings is 1. The van der Waals surface area contributed by atoms with Gasteiger partial charge in [0.15, 0.2) is 16.7 Å². The van der Waals surface area contributed by atoms with Crippen molar-refractivity contribution < 1.29 is 18.3 Å². The van der Waals surface area contributed by atoms with Gasteiger partial charge in [0, 0.05) is 0 Å². The SMILES string of the molecule is Nc1ccccc1S(=O)(=O)Nc1c(N)nc(SCC(=O)O)[nH]c1=O. The summed E-state index contributed by atoms with van der Waals surface area (Å²) in [4.78, 5) is 28.3. The standard InChI is InChI=1S/C12H13N5O5S2/c13-6-3-1-2-4-7(6)24(21,22)17-9-10(14)15-12(16-11(9)20)23-5-8(18)19/h1-4,17H,5,13H2,(H,18,19)(H3,14,15,16,20). The predicted octanol–water partition coefficient (Wildman–Crippen LogP) is -0.0882. The zero-order valence-electron chi connectivity index (χ0n) is 12.0. The second-order valence-electron chi connectivity index (χ2n) is 4.46. The van der Waals surface area contributed by atoms with E-state index < -0.39 is 27.2 Å². The van der Waals surface area contributed by atoms with Crippen LogP contribution in [0.5, 0.6) is 0 Å². The maximum absolute atomic E-state index is 12.3. The molecule has 7 N–H and O–H groups in total. The van der Waals surface area contributed by atoms with Gasteiger partial charge in [0.05, 0.1) is 11.4 Å². The van der Waals surface area contributed by atoms with Crippen molar-refractivity contribution in [1.82, 2.24) is 9.97 Å². The van der Waals surface area contributed by atoms with Crippen molar-refractivity contribution in [1.29, 1.82) is 0 Å². The molecule has 12 heteroatoms. The van der Waals surface area contributed by atoms with Gasteiger partial charge in [-0.2, -0.15) is 0 Å². The molecule has 2 aromatic rings. The number of carboxylic acids is 1. The maximum atomic E-state index is 12.3. The molecule has 0 aliphatic carbocycles. The number of carbonyl (C=O) groups is 1. The number of nitrogen functional groups attached to an aromatic ring is 2. The summed E-state index contributed by atoms with van der Waals surface area (Å²) in [6.07, 6.45) is 0. The number of aromatic nitrogens is 2. The van der Waals surface area contributed by atoms with Gasteiger partial charge in [0.25, 0.3) is 15.6 Å². The van der Waals surface area contributed by atoms with E-state index in [9.17, 15) is 18.0 Å². The van der Waals surface area contributed by atoms with E-state index in [1.54, 1.807) is 6.07 Å². The molecule has 0 aliphatic heterocycles. The highest BCUT2D eigenvalue weighted by molar-refractivity contribution is 7.99. The molecule has 0 bridgehead atoms. The van der Waals surface area contributed by atoms with E-state index in [0.717, 1.165) is 11.8 Å². The first-order valence-electron chi connectivity index (χ1n) is 6.32. The fourth-order valence-corrected chi connectivity index (χ4v) is 3.48. The molecular weight excluding hydrogens is 358 g/mol. The van der Waals surface area contributed by atoms with Crippen LogP contribution in [0.25, 0.3) is 0 Å². The number of H-pyrrole nitrogens is 1. The fourth-order valence-electron chi connectivity index (χ4n) is 1.68. The normalized spacial score (nSPS) is 11.2. The molecule has 2 rings (SSSR count). The average Bonchev–Trinajstić information content (AvgIpc) is 2.49. The Bertz CT molecular complexity index is 941. The largest absolute Gasteiger partial charge is 0.481 e. The number of hydrogen-bond acceptors (Lipinski definition) is 8. The molecule has 1 aromatic carbocycles. The minimum Gasteiger partial charge on any atom is -0.481 e. The van der Waals surface area contributed by atoms with E-state index in [4.69, 9.17) is 16.6 Å². The number of rotatable bonds is 6. The highest BCUT2D eigenvalue weighted by Gasteiger charge is 2.21. The summed E-state index contributed by atoms with van der Waals surface area (Å²) in [7, 11) is -4.14. The van der Waals surface area contributed by atoms with Crippen molar-refractivity contribution in [2.24, 2.45) is 0 Å². The van der Waals surface area contributed by atoms with Crippen molar-refractivity contribution in [2.75, 3.05) is 21.9 Å². The monoisotopic (exact) mass is 371 g/mol. The molecule has 0 saturated carbocycles. The lowest BCUT2D eigenvalue weighted by Gasteiger charge is -2.11. The number of aromatic amines is 1. The number of carboxylic acid groups (broad SMARTS) is 1. The van der Waals surface area contributed by atoms with Gasteiger partial charge in [-0.25, -0.2) is 13.4 Å². The summed E-state index contributed by atoms with van der Waals surface area (Å²) >= 11 is 0.739. The van der Waals surface area contributed by atoms with Crippen molar-refractivity contribution >= 4 is 44.9 Å². The summed E-state index contributed by atoms with van der Waals surface area (Å²) in [5.74, 6) is -1.83. The molecule has 24 heavy (non-hydrogen) atoms. The van der Waals surface area contributed by atoms with Crippen molar-refractivity contribution in [3.8, 4) is 0 Å². The quantitative estimate of drug-likeness (QED) is 0.263. The Kier molecular flexibility index (Phi) is 4.99. The third-order valence-corrected chi connectivity index (χ3v) is 4.98. The Balaban J connectivity index is 2.35. The second-order valence-corrected chi connectivity index (χ2v) is 7.07. The van der Waals surface area contributed by atoms with Crippen LogP contribution in [0.1, 0.15) is 0 Å². The highest BCUT2D eigenvalue weighted by atomic mass is 32.2. The Hall–Kier alpha value is -2.73. The first kappa shape index (κ1) is 17.6. The van der Waals surface area contributed by atoms with Crippen LogP contribution in [0.2, 0.25) is 0 Å². The van der Waals surface area contributed by atoms with E-state index in [1.807, 2.05) is 4.72 Å². The molecule has 0 radical (unpaired) electrons. The summed E-state index contributed by atoms with van der Waals surface area (Å²) in [6.45, 7) is 0. The number of sulfonamides is 1. The summed E-state index contributed by atoms with van der Waals surface area (Å²) in [5, 5.41) is 8.56. The van der Waals surface area contributed by atoms with Crippen LogP contribution in [-0.2, 0) is 14.8 Å². The van der Waals surface area contributed by atoms with Gasteiger partial charge in [0.1, 0.15) is 4.90 Å². The third-order valence-electron chi connectivity index (χ3n) is 2.70. The number of aliphatic carboxylic acids is 1. The second kappa shape index (κ2) is 6.80. The number of nitrogens with zero attached hydrogens (tertiary/aromatic N) is 1. The summed E-state index contributed by atoms with van der Waals surface area (Å²) in [5.41, 5.74) is 9.89. The fraction of sp³-hybridized carbons (Fsp3) is 0.0833. The minimum absolute atomic E-state index is 0.00148. The average molecular weight is 371 g/mol. The number of thioether (sulfide) groups is 1. The van der Waals surface area contributed by atoms with Crippen LogP contribution in [0.4, 0.5) is 17.2 Å². The van der Waals surface area contributed by atoms with E-state index in [0.29, 0.717) is 0 Å². The minimum atomic E-state index is -4.14. The first-order valence-corrected chi connectivity index (χ1v) is 8.79. The molecular formula is C12H13N5O5S2. The van der Waals surface area contributed by atoms with Gasteiger partial charge in [0.2, 0.25) is 0 Å². The van der Waals surface area contributed by atoms with E-state index in [2.05, 4.69) is 9.97 Å². The van der Waals surface area contributed by atoms with Gasteiger partial charge >= 0.3 is 5.97 Å². The molecule has 0 amide bonds. The molecule has 0 spiro atoms.